The number of carboxylic acid groups (broad SMARTS) is 1. The van der Waals surface area contributed by atoms with E-state index in [1.165, 1.54) is 4.90 Å². The van der Waals surface area contributed by atoms with Crippen molar-refractivity contribution in [2.45, 2.75) is 26.1 Å². The number of aliphatic imine (C=N–C) groups is 1. The molecule has 1 aliphatic rings. The number of piperazine rings is 1. The number of pyridine rings is 1. The van der Waals surface area contributed by atoms with E-state index in [1.807, 2.05) is 23.6 Å². The summed E-state index contributed by atoms with van der Waals surface area (Å²) in [6.07, 6.45) is -1.22. The summed E-state index contributed by atoms with van der Waals surface area (Å²) >= 11 is 0. The molecule has 4 N–H and O–H groups in total. The molecule has 1 aliphatic heterocycles. The number of carboxylic acids is 1. The molecule has 0 saturated carbocycles. The zero-order valence-electron chi connectivity index (χ0n) is 18.3. The van der Waals surface area contributed by atoms with Crippen LogP contribution in [0.4, 0.5) is 13.2 Å². The quantitative estimate of drug-likeness (QED) is 0.456. The Morgan fingerprint density at radius 3 is 2.50 bits per heavy atom. The van der Waals surface area contributed by atoms with Gasteiger partial charge in [0.15, 0.2) is 0 Å². The van der Waals surface area contributed by atoms with Crippen LogP contribution in [0.2, 0.25) is 0 Å². The first-order valence-corrected chi connectivity index (χ1v) is 10.3. The van der Waals surface area contributed by atoms with Crippen LogP contribution in [0.3, 0.4) is 0 Å². The summed E-state index contributed by atoms with van der Waals surface area (Å²) in [5.74, 6) is -0.552. The molecular weight excluding hydrogens is 425 g/mol. The lowest BCUT2D eigenvalue weighted by molar-refractivity contribution is -0.420. The van der Waals surface area contributed by atoms with Gasteiger partial charge in [-0.05, 0) is 36.5 Å². The average molecular weight is 453 g/mol. The van der Waals surface area contributed by atoms with Crippen LogP contribution in [0, 0.1) is 6.92 Å². The predicted octanol–water partition coefficient (Wildman–Crippen LogP) is 0.631. The fourth-order valence-electron chi connectivity index (χ4n) is 4.38. The van der Waals surface area contributed by atoms with Crippen molar-refractivity contribution in [1.82, 2.24) is 14.2 Å². The van der Waals surface area contributed by atoms with Gasteiger partial charge in [0.2, 0.25) is 6.34 Å². The highest BCUT2D eigenvalue weighted by Crippen LogP contribution is 2.30. The maximum Gasteiger partial charge on any atom is 0.401 e. The Labute approximate surface area is 183 Å². The van der Waals surface area contributed by atoms with E-state index in [-0.39, 0.29) is 11.6 Å². The zero-order chi connectivity index (χ0) is 23.6. The molecule has 8 nitrogen and oxygen atoms in total. The van der Waals surface area contributed by atoms with Gasteiger partial charge in [-0.1, -0.05) is 0 Å². The van der Waals surface area contributed by atoms with Crippen molar-refractivity contribution in [1.29, 1.82) is 0 Å². The van der Waals surface area contributed by atoms with Crippen molar-refractivity contribution in [2.75, 3.05) is 39.8 Å². The van der Waals surface area contributed by atoms with E-state index >= 15 is 0 Å². The number of rotatable bonds is 5. The Balaban J connectivity index is 2.01. The number of carbonyl (C=O) groups is 1. The summed E-state index contributed by atoms with van der Waals surface area (Å²) in [6.45, 7) is 4.29. The van der Waals surface area contributed by atoms with E-state index in [0.29, 0.717) is 48.7 Å². The van der Waals surface area contributed by atoms with Gasteiger partial charge < -0.3 is 15.2 Å². The van der Waals surface area contributed by atoms with Crippen molar-refractivity contribution in [2.24, 2.45) is 10.7 Å². The average Bonchev–Trinajstić information content (AvgIpc) is 3.13. The molecule has 2 aromatic rings. The highest BCUT2D eigenvalue weighted by molar-refractivity contribution is 6.05. The van der Waals surface area contributed by atoms with E-state index < -0.39 is 18.7 Å². The van der Waals surface area contributed by atoms with Crippen molar-refractivity contribution in [3.05, 3.63) is 40.7 Å². The summed E-state index contributed by atoms with van der Waals surface area (Å²) in [6, 6.07) is 3.23. The van der Waals surface area contributed by atoms with Gasteiger partial charge in [0.25, 0.3) is 0 Å². The normalized spacial score (nSPS) is 18.0. The number of alkyl halides is 3. The molecule has 0 radical (unpaired) electrons. The molecule has 0 spiro atoms. The number of aromatic carboxylic acids is 1. The molecular formula is C21H28F3N6O2+. The number of amidine groups is 1. The number of aromatic nitrogens is 1. The fourth-order valence-corrected chi connectivity index (χ4v) is 4.38. The summed E-state index contributed by atoms with van der Waals surface area (Å²) in [7, 11) is 1.70. The minimum absolute atomic E-state index is 0.169. The summed E-state index contributed by atoms with van der Waals surface area (Å²) in [4.78, 5) is 22.6. The van der Waals surface area contributed by atoms with Gasteiger partial charge in [0.05, 0.1) is 30.2 Å². The van der Waals surface area contributed by atoms with Gasteiger partial charge in [0, 0.05) is 44.1 Å². The lowest BCUT2D eigenvalue weighted by atomic mass is 10.0. The smallest absolute Gasteiger partial charge is 0.401 e. The Morgan fingerprint density at radius 1 is 1.31 bits per heavy atom. The van der Waals surface area contributed by atoms with Crippen LogP contribution in [0.5, 0.6) is 0 Å². The number of hydrogen-bond donors (Lipinski definition) is 3. The minimum atomic E-state index is -4.22. The lowest BCUT2D eigenvalue weighted by Crippen LogP contribution is -2.67. The molecule has 1 atom stereocenters. The van der Waals surface area contributed by atoms with Crippen LogP contribution in [-0.2, 0) is 0 Å². The first-order valence-electron chi connectivity index (χ1n) is 10.3. The second-order valence-electron chi connectivity index (χ2n) is 7.84. The molecule has 174 valence electrons. The van der Waals surface area contributed by atoms with E-state index in [9.17, 15) is 23.1 Å². The van der Waals surface area contributed by atoms with Gasteiger partial charge in [-0.25, -0.2) is 4.79 Å². The number of hydrogen-bond acceptors (Lipinski definition) is 3. The topological polar surface area (TPSA) is 101 Å². The molecule has 1 unspecified atom stereocenters. The van der Waals surface area contributed by atoms with Crippen molar-refractivity contribution in [3.63, 3.8) is 0 Å². The van der Waals surface area contributed by atoms with Gasteiger partial charge in [-0.15, -0.1) is 0 Å². The molecule has 32 heavy (non-hydrogen) atoms. The SMILES string of the molecule is C[NH+]=C(N=CN)c1ccn2c(C(C)N3CCN(CC(F)(F)F)CC3)c(C)c(C(=O)O)cc12. The maximum absolute atomic E-state index is 12.7. The van der Waals surface area contributed by atoms with Gasteiger partial charge in [-0.2, -0.15) is 13.2 Å². The first-order chi connectivity index (χ1) is 15.1. The molecule has 3 rings (SSSR count). The highest BCUT2D eigenvalue weighted by atomic mass is 19.4. The number of nitrogens with one attached hydrogen (secondary N) is 1. The second kappa shape index (κ2) is 9.29. The number of halogens is 3. The van der Waals surface area contributed by atoms with Gasteiger partial charge in [-0.3, -0.25) is 14.8 Å². The fraction of sp³-hybridized carbons (Fsp3) is 0.476. The Kier molecular flexibility index (Phi) is 6.89. The van der Waals surface area contributed by atoms with Gasteiger partial charge >= 0.3 is 18.0 Å². The Bertz CT molecular complexity index is 1050. The summed E-state index contributed by atoms with van der Waals surface area (Å²) in [5.41, 5.74) is 8.36. The van der Waals surface area contributed by atoms with Crippen LogP contribution >= 0.6 is 0 Å². The molecule has 1 saturated heterocycles. The second-order valence-corrected chi connectivity index (χ2v) is 7.84. The van der Waals surface area contributed by atoms with E-state index in [1.54, 1.807) is 20.0 Å². The largest absolute Gasteiger partial charge is 0.478 e. The Morgan fingerprint density at radius 2 is 1.97 bits per heavy atom. The Hall–Kier alpha value is -2.92. The predicted molar refractivity (Wildman–Crippen MR) is 115 cm³/mol. The highest BCUT2D eigenvalue weighted by Gasteiger charge is 2.34. The van der Waals surface area contributed by atoms with E-state index in [2.05, 4.69) is 14.9 Å². The minimum Gasteiger partial charge on any atom is -0.478 e. The number of nitrogens with zero attached hydrogens (tertiary/aromatic N) is 4. The number of fused-ring (bicyclic) bond motifs is 1. The summed E-state index contributed by atoms with van der Waals surface area (Å²) in [5, 5.41) is 9.80. The van der Waals surface area contributed by atoms with E-state index in [0.717, 1.165) is 12.0 Å². The van der Waals surface area contributed by atoms with Crippen LogP contribution in [-0.4, -0.2) is 83.4 Å². The molecule has 11 heteroatoms. The van der Waals surface area contributed by atoms with Gasteiger partial charge in [0.1, 0.15) is 0 Å². The third kappa shape index (κ3) is 4.78. The van der Waals surface area contributed by atoms with Crippen molar-refractivity contribution in [3.8, 4) is 0 Å². The molecule has 2 aromatic heterocycles. The number of nitrogens with two attached hydrogens (primary N) is 1. The molecule has 3 heterocycles. The molecule has 0 amide bonds. The van der Waals surface area contributed by atoms with Crippen LogP contribution in [0.15, 0.2) is 23.3 Å². The zero-order valence-corrected chi connectivity index (χ0v) is 18.3. The van der Waals surface area contributed by atoms with Crippen LogP contribution in [0.1, 0.15) is 40.1 Å². The molecule has 0 aromatic carbocycles. The monoisotopic (exact) mass is 453 g/mol. The molecule has 0 bridgehead atoms. The first kappa shape index (κ1) is 23.7. The molecule has 0 aliphatic carbocycles. The van der Waals surface area contributed by atoms with Crippen molar-refractivity contribution >= 4 is 23.7 Å². The van der Waals surface area contributed by atoms with Crippen molar-refractivity contribution < 1.29 is 28.1 Å². The standard InChI is InChI=1S/C21H27F3N6O2/c1-13-16(20(31)32)10-17-15(19(26-3)27-12-25)4-5-30(17)18(13)14(2)29-8-6-28(7-9-29)11-21(22,23)24/h4-5,10,12,14H,6-9,11H2,1-3H3,(H,31,32)(H2,25,26,27)/p+1. The van der Waals surface area contributed by atoms with Crippen LogP contribution < -0.4 is 10.7 Å². The summed E-state index contributed by atoms with van der Waals surface area (Å²) < 4.78 is 40.1. The van der Waals surface area contributed by atoms with E-state index in [4.69, 9.17) is 5.73 Å². The molecule has 1 fully saturated rings. The lowest BCUT2D eigenvalue weighted by Gasteiger charge is -2.39. The third-order valence-electron chi connectivity index (χ3n) is 5.93. The maximum atomic E-state index is 12.7. The van der Waals surface area contributed by atoms with Crippen LogP contribution in [0.25, 0.3) is 5.52 Å². The third-order valence-corrected chi connectivity index (χ3v) is 5.93.